The van der Waals surface area contributed by atoms with E-state index in [1.807, 2.05) is 6.92 Å². The Bertz CT molecular complexity index is 963. The van der Waals surface area contributed by atoms with Crippen LogP contribution in [0.1, 0.15) is 15.9 Å². The first kappa shape index (κ1) is 22.4. The van der Waals surface area contributed by atoms with Crippen LogP contribution in [-0.2, 0) is 19.5 Å². The summed E-state index contributed by atoms with van der Waals surface area (Å²) in [5.74, 6) is -0.734. The third-order valence-electron chi connectivity index (χ3n) is 5.06. The number of aliphatic hydroxyl groups is 2. The molecule has 4 atom stereocenters. The number of aryl methyl sites for hydroxylation is 1. The van der Waals surface area contributed by atoms with Crippen LogP contribution >= 0.6 is 0 Å². The molecule has 2 aromatic rings. The van der Waals surface area contributed by atoms with Gasteiger partial charge in [-0.15, -0.1) is 0 Å². The molecule has 2 aromatic carbocycles. The smallest absolute Gasteiger partial charge is 0.338 e. The van der Waals surface area contributed by atoms with Crippen LogP contribution in [0.15, 0.2) is 59.5 Å². The van der Waals surface area contributed by atoms with Crippen molar-refractivity contribution < 1.29 is 32.9 Å². The molecule has 1 saturated heterocycles. The van der Waals surface area contributed by atoms with E-state index in [-0.39, 0.29) is 23.6 Å². The minimum Gasteiger partial charge on any atom is -0.454 e. The lowest BCUT2D eigenvalue weighted by Gasteiger charge is -2.44. The molecule has 0 spiro atoms. The van der Waals surface area contributed by atoms with Gasteiger partial charge in [-0.25, -0.2) is 13.2 Å². The molecule has 0 unspecified atom stereocenters. The summed E-state index contributed by atoms with van der Waals surface area (Å²) in [5, 5.41) is 20.9. The van der Waals surface area contributed by atoms with Gasteiger partial charge in [0.15, 0.2) is 0 Å². The molecule has 0 aromatic heterocycles. The number of hydrogen-bond acceptors (Lipinski definition) is 7. The van der Waals surface area contributed by atoms with Crippen molar-refractivity contribution in [1.82, 2.24) is 4.31 Å². The van der Waals surface area contributed by atoms with E-state index in [0.717, 1.165) is 9.87 Å². The fourth-order valence-corrected chi connectivity index (χ4v) is 5.06. The van der Waals surface area contributed by atoms with Gasteiger partial charge in [-0.2, -0.15) is 4.31 Å². The number of rotatable bonds is 6. The molecule has 1 aliphatic heterocycles. The molecule has 30 heavy (non-hydrogen) atoms. The molecular weight excluding hydrogens is 410 g/mol. The van der Waals surface area contributed by atoms with E-state index in [1.165, 1.54) is 19.2 Å². The molecule has 8 nitrogen and oxygen atoms in total. The van der Waals surface area contributed by atoms with Gasteiger partial charge in [-0.1, -0.05) is 35.9 Å². The largest absolute Gasteiger partial charge is 0.454 e. The minimum absolute atomic E-state index is 0.0333. The summed E-state index contributed by atoms with van der Waals surface area (Å²) >= 11 is 0. The predicted octanol–water partition coefficient (Wildman–Crippen LogP) is 0.962. The summed E-state index contributed by atoms with van der Waals surface area (Å²) < 4.78 is 38.2. The monoisotopic (exact) mass is 435 g/mol. The van der Waals surface area contributed by atoms with E-state index < -0.39 is 40.3 Å². The summed E-state index contributed by atoms with van der Waals surface area (Å²) in [4.78, 5) is 12.6. The van der Waals surface area contributed by atoms with Crippen LogP contribution in [0.2, 0.25) is 0 Å². The molecule has 1 aliphatic rings. The predicted molar refractivity (Wildman–Crippen MR) is 108 cm³/mol. The second-order valence-corrected chi connectivity index (χ2v) is 9.09. The number of hydrogen-bond donors (Lipinski definition) is 2. The highest BCUT2D eigenvalue weighted by Crippen LogP contribution is 2.29. The van der Waals surface area contributed by atoms with Gasteiger partial charge in [0, 0.05) is 13.7 Å². The van der Waals surface area contributed by atoms with Gasteiger partial charge in [0.1, 0.15) is 12.2 Å². The van der Waals surface area contributed by atoms with Crippen molar-refractivity contribution in [2.45, 2.75) is 36.2 Å². The number of piperidine rings is 1. The fraction of sp³-hybridized carbons (Fsp3) is 0.381. The number of sulfonamides is 1. The lowest BCUT2D eigenvalue weighted by atomic mass is 9.96. The molecule has 9 heteroatoms. The third kappa shape index (κ3) is 4.55. The SMILES string of the molecule is COC[C@@H]1[C@@H](OC(=O)c2ccccc2)[C@@H](O)[C@H](O)CN1S(=O)(=O)c1ccc(C)cc1. The quantitative estimate of drug-likeness (QED) is 0.650. The molecule has 0 aliphatic carbocycles. The van der Waals surface area contributed by atoms with Crippen molar-refractivity contribution in [2.24, 2.45) is 0 Å². The molecule has 2 N–H and O–H groups in total. The Morgan fingerprint density at radius 2 is 1.73 bits per heavy atom. The van der Waals surface area contributed by atoms with E-state index in [2.05, 4.69) is 0 Å². The number of ether oxygens (including phenoxy) is 2. The van der Waals surface area contributed by atoms with Crippen molar-refractivity contribution in [2.75, 3.05) is 20.3 Å². The number of carbonyl (C=O) groups is 1. The third-order valence-corrected chi connectivity index (χ3v) is 6.97. The zero-order chi connectivity index (χ0) is 21.9. The number of methoxy groups -OCH3 is 1. The Labute approximate surface area is 175 Å². The summed E-state index contributed by atoms with van der Waals surface area (Å²) in [6, 6.07) is 13.4. The maximum atomic E-state index is 13.3. The maximum absolute atomic E-state index is 13.3. The fourth-order valence-electron chi connectivity index (χ4n) is 3.42. The highest BCUT2D eigenvalue weighted by Gasteiger charge is 2.49. The van der Waals surface area contributed by atoms with Gasteiger partial charge in [0.2, 0.25) is 10.0 Å². The van der Waals surface area contributed by atoms with Crippen molar-refractivity contribution in [3.8, 4) is 0 Å². The molecule has 3 rings (SSSR count). The van der Waals surface area contributed by atoms with E-state index in [0.29, 0.717) is 0 Å². The minimum atomic E-state index is -4.05. The highest BCUT2D eigenvalue weighted by atomic mass is 32.2. The normalized spacial score (nSPS) is 25.1. The Morgan fingerprint density at radius 3 is 2.33 bits per heavy atom. The average molecular weight is 435 g/mol. The second kappa shape index (κ2) is 9.23. The van der Waals surface area contributed by atoms with E-state index in [4.69, 9.17) is 9.47 Å². The number of carbonyl (C=O) groups excluding carboxylic acids is 1. The average Bonchev–Trinajstić information content (AvgIpc) is 2.74. The number of esters is 1. The first-order valence-electron chi connectivity index (χ1n) is 9.45. The molecule has 0 amide bonds. The first-order valence-corrected chi connectivity index (χ1v) is 10.9. The lowest BCUT2D eigenvalue weighted by Crippen LogP contribution is -2.64. The Kier molecular flexibility index (Phi) is 6.89. The summed E-state index contributed by atoms with van der Waals surface area (Å²) in [7, 11) is -2.67. The number of benzene rings is 2. The molecule has 1 heterocycles. The lowest BCUT2D eigenvalue weighted by molar-refractivity contribution is -0.131. The first-order chi connectivity index (χ1) is 14.3. The van der Waals surface area contributed by atoms with E-state index >= 15 is 0 Å². The van der Waals surface area contributed by atoms with Gasteiger partial charge in [-0.3, -0.25) is 0 Å². The van der Waals surface area contributed by atoms with Crippen LogP contribution in [0.25, 0.3) is 0 Å². The summed E-state index contributed by atoms with van der Waals surface area (Å²) in [6.07, 6.45) is -4.23. The number of nitrogens with zero attached hydrogens (tertiary/aromatic N) is 1. The van der Waals surface area contributed by atoms with Crippen LogP contribution < -0.4 is 0 Å². The zero-order valence-corrected chi connectivity index (χ0v) is 17.5. The van der Waals surface area contributed by atoms with Crippen molar-refractivity contribution in [3.05, 3.63) is 65.7 Å². The number of β-amino-alcohol motifs (C(OH)–C–C–N with tert-alkyl or cyclic N) is 1. The zero-order valence-electron chi connectivity index (χ0n) is 16.7. The standard InChI is InChI=1S/C21H25NO7S/c1-14-8-10-16(11-9-14)30(26,27)22-12-18(23)19(24)20(17(22)13-28-2)29-21(25)15-6-4-3-5-7-15/h3-11,17-20,23-24H,12-13H2,1-2H3/t17-,18-,19+,20-/m1/s1. The van der Waals surface area contributed by atoms with Crippen LogP contribution in [-0.4, -0.2) is 73.5 Å². The van der Waals surface area contributed by atoms with Crippen LogP contribution in [0, 0.1) is 6.92 Å². The van der Waals surface area contributed by atoms with Crippen LogP contribution in [0.3, 0.4) is 0 Å². The second-order valence-electron chi connectivity index (χ2n) is 7.20. The highest BCUT2D eigenvalue weighted by molar-refractivity contribution is 7.89. The van der Waals surface area contributed by atoms with Crippen LogP contribution in [0.4, 0.5) is 0 Å². The topological polar surface area (TPSA) is 113 Å². The van der Waals surface area contributed by atoms with Gasteiger partial charge in [0.25, 0.3) is 0 Å². The van der Waals surface area contributed by atoms with Gasteiger partial charge in [-0.05, 0) is 31.2 Å². The van der Waals surface area contributed by atoms with Gasteiger partial charge in [0.05, 0.1) is 29.2 Å². The van der Waals surface area contributed by atoms with Gasteiger partial charge < -0.3 is 19.7 Å². The molecule has 0 bridgehead atoms. The summed E-state index contributed by atoms with van der Waals surface area (Å²) in [6.45, 7) is 1.34. The summed E-state index contributed by atoms with van der Waals surface area (Å²) in [5.41, 5.74) is 1.14. The van der Waals surface area contributed by atoms with Crippen LogP contribution in [0.5, 0.6) is 0 Å². The van der Waals surface area contributed by atoms with Crippen molar-refractivity contribution in [3.63, 3.8) is 0 Å². The number of aliphatic hydroxyl groups excluding tert-OH is 2. The maximum Gasteiger partial charge on any atom is 0.338 e. The molecule has 0 radical (unpaired) electrons. The molecular formula is C21H25NO7S. The Hall–Kier alpha value is -2.30. The van der Waals surface area contributed by atoms with Gasteiger partial charge >= 0.3 is 5.97 Å². The molecule has 0 saturated carbocycles. The van der Waals surface area contributed by atoms with E-state index in [1.54, 1.807) is 42.5 Å². The van der Waals surface area contributed by atoms with Crippen molar-refractivity contribution >= 4 is 16.0 Å². The molecule has 162 valence electrons. The van der Waals surface area contributed by atoms with Crippen molar-refractivity contribution in [1.29, 1.82) is 0 Å². The Balaban J connectivity index is 1.95. The Morgan fingerprint density at radius 1 is 1.10 bits per heavy atom. The molecule has 1 fully saturated rings. The van der Waals surface area contributed by atoms with E-state index in [9.17, 15) is 23.4 Å².